The van der Waals surface area contributed by atoms with Crippen LogP contribution in [0.2, 0.25) is 0 Å². The molecule has 10 heteroatoms. The number of ether oxygens (including phenoxy) is 1. The molecule has 0 spiro atoms. The third-order valence-corrected chi connectivity index (χ3v) is 7.32. The van der Waals surface area contributed by atoms with Crippen molar-refractivity contribution < 1.29 is 34.8 Å². The molecular formula is C32H35N3O7. The number of hydrogen-bond donors (Lipinski definition) is 4. The Balaban J connectivity index is 0.000000343. The van der Waals surface area contributed by atoms with Crippen LogP contribution in [0.15, 0.2) is 72.9 Å². The standard InChI is InChI=1S/C25H29N3O4.C7H6O3/c1-17-15-19(18(2)29)7-8-22(17)32-14-9-24(30)28-12-10-25(31,11-13-28)23-16-26-20-5-3-4-6-21(20)27-23;8-6-4-2-1-3-5(6)7(9)10/h3-8,15-16,24,30-31H,9-14H2,1-2H3;1-4,8H,(H,9,10). The lowest BCUT2D eigenvalue weighted by Gasteiger charge is -2.39. The van der Waals surface area contributed by atoms with E-state index in [2.05, 4.69) is 9.97 Å². The minimum Gasteiger partial charge on any atom is -0.507 e. The molecule has 220 valence electrons. The number of aliphatic hydroxyl groups excluding tert-OH is 1. The van der Waals surface area contributed by atoms with E-state index < -0.39 is 17.8 Å². The molecule has 1 saturated heterocycles. The zero-order chi connectivity index (χ0) is 30.3. The van der Waals surface area contributed by atoms with Crippen LogP contribution in [-0.2, 0) is 5.60 Å². The van der Waals surface area contributed by atoms with Crippen molar-refractivity contribution in [2.45, 2.75) is 44.9 Å². The molecule has 1 aliphatic rings. The van der Waals surface area contributed by atoms with Crippen molar-refractivity contribution in [2.75, 3.05) is 19.7 Å². The summed E-state index contributed by atoms with van der Waals surface area (Å²) in [6.45, 7) is 4.91. The van der Waals surface area contributed by atoms with Crippen LogP contribution in [0.1, 0.15) is 58.2 Å². The molecule has 0 bridgehead atoms. The fraction of sp³-hybridized carbons (Fsp3) is 0.312. The SMILES string of the molecule is CC(=O)c1ccc(OCCC(O)N2CCC(O)(c3cnc4ccccc4n3)CC2)c(C)c1.O=C(O)c1ccccc1O. The van der Waals surface area contributed by atoms with E-state index >= 15 is 0 Å². The van der Waals surface area contributed by atoms with Crippen molar-refractivity contribution >= 4 is 22.8 Å². The van der Waals surface area contributed by atoms with Gasteiger partial charge in [-0.2, -0.15) is 0 Å². The Bertz CT molecular complexity index is 1550. The lowest BCUT2D eigenvalue weighted by molar-refractivity contribution is -0.0836. The van der Waals surface area contributed by atoms with E-state index in [4.69, 9.17) is 14.9 Å². The van der Waals surface area contributed by atoms with Crippen LogP contribution in [0.5, 0.6) is 11.5 Å². The summed E-state index contributed by atoms with van der Waals surface area (Å²) in [4.78, 5) is 32.7. The van der Waals surface area contributed by atoms with Gasteiger partial charge in [0.2, 0.25) is 0 Å². The molecule has 2 heterocycles. The molecule has 1 aromatic heterocycles. The van der Waals surface area contributed by atoms with E-state index in [-0.39, 0.29) is 17.1 Å². The van der Waals surface area contributed by atoms with Crippen molar-refractivity contribution in [1.82, 2.24) is 14.9 Å². The fourth-order valence-corrected chi connectivity index (χ4v) is 4.77. The number of carbonyl (C=O) groups excluding carboxylic acids is 1. The van der Waals surface area contributed by atoms with Crippen LogP contribution in [0.25, 0.3) is 11.0 Å². The number of ketones is 1. The number of rotatable bonds is 8. The van der Waals surface area contributed by atoms with Gasteiger partial charge >= 0.3 is 5.97 Å². The maximum Gasteiger partial charge on any atom is 0.339 e. The van der Waals surface area contributed by atoms with Gasteiger partial charge < -0.3 is 25.2 Å². The van der Waals surface area contributed by atoms with Crippen LogP contribution in [0, 0.1) is 6.92 Å². The van der Waals surface area contributed by atoms with Gasteiger partial charge in [-0.15, -0.1) is 0 Å². The first-order valence-electron chi connectivity index (χ1n) is 13.7. The summed E-state index contributed by atoms with van der Waals surface area (Å²) >= 11 is 0. The van der Waals surface area contributed by atoms with Gasteiger partial charge in [0.1, 0.15) is 28.9 Å². The molecule has 4 N–H and O–H groups in total. The smallest absolute Gasteiger partial charge is 0.339 e. The maximum absolute atomic E-state index is 11.5. The summed E-state index contributed by atoms with van der Waals surface area (Å²) in [5.41, 5.74) is 2.60. The molecule has 1 atom stereocenters. The van der Waals surface area contributed by atoms with Crippen molar-refractivity contribution in [3.05, 3.63) is 95.3 Å². The van der Waals surface area contributed by atoms with Crippen LogP contribution in [-0.4, -0.2) is 73.0 Å². The van der Waals surface area contributed by atoms with Gasteiger partial charge in [-0.1, -0.05) is 24.3 Å². The number of carbonyl (C=O) groups is 2. The molecule has 42 heavy (non-hydrogen) atoms. The topological polar surface area (TPSA) is 153 Å². The van der Waals surface area contributed by atoms with Gasteiger partial charge in [0.05, 0.1) is 29.5 Å². The van der Waals surface area contributed by atoms with E-state index in [0.29, 0.717) is 56.0 Å². The summed E-state index contributed by atoms with van der Waals surface area (Å²) in [5, 5.41) is 39.1. The molecule has 1 aliphatic heterocycles. The molecule has 0 amide bonds. The highest BCUT2D eigenvalue weighted by Gasteiger charge is 2.37. The average molecular weight is 574 g/mol. The zero-order valence-corrected chi connectivity index (χ0v) is 23.6. The number of aliphatic hydroxyl groups is 2. The molecule has 0 saturated carbocycles. The number of nitrogens with zero attached hydrogens (tertiary/aromatic N) is 3. The number of aryl methyl sites for hydroxylation is 1. The molecular weight excluding hydrogens is 538 g/mol. The van der Waals surface area contributed by atoms with Crippen molar-refractivity contribution in [3.8, 4) is 11.5 Å². The quantitative estimate of drug-likeness (QED) is 0.224. The van der Waals surface area contributed by atoms with E-state index in [1.807, 2.05) is 42.2 Å². The Morgan fingerprint density at radius 3 is 2.31 bits per heavy atom. The predicted octanol–water partition coefficient (Wildman–Crippen LogP) is 4.30. The minimum atomic E-state index is -1.11. The Morgan fingerprint density at radius 2 is 1.69 bits per heavy atom. The number of carboxylic acids is 1. The second-order valence-electron chi connectivity index (χ2n) is 10.3. The Kier molecular flexibility index (Phi) is 9.84. The predicted molar refractivity (Wildman–Crippen MR) is 157 cm³/mol. The molecule has 1 unspecified atom stereocenters. The number of fused-ring (bicyclic) bond motifs is 1. The second-order valence-corrected chi connectivity index (χ2v) is 10.3. The number of likely N-dealkylation sites (tertiary alicyclic amines) is 1. The highest BCUT2D eigenvalue weighted by molar-refractivity contribution is 5.94. The number of para-hydroxylation sites is 3. The van der Waals surface area contributed by atoms with Gasteiger partial charge in [0.25, 0.3) is 0 Å². The molecule has 0 aliphatic carbocycles. The first-order chi connectivity index (χ1) is 20.1. The monoisotopic (exact) mass is 573 g/mol. The summed E-state index contributed by atoms with van der Waals surface area (Å²) in [5.74, 6) is -0.576. The minimum absolute atomic E-state index is 0.0230. The average Bonchev–Trinajstić information content (AvgIpc) is 2.98. The summed E-state index contributed by atoms with van der Waals surface area (Å²) in [6, 6.07) is 18.8. The molecule has 0 radical (unpaired) electrons. The van der Waals surface area contributed by atoms with Gasteiger partial charge in [0, 0.05) is 25.1 Å². The molecule has 1 fully saturated rings. The number of aromatic nitrogens is 2. The van der Waals surface area contributed by atoms with Crippen LogP contribution in [0.4, 0.5) is 0 Å². The van der Waals surface area contributed by atoms with Gasteiger partial charge in [-0.25, -0.2) is 9.78 Å². The third kappa shape index (κ3) is 7.47. The van der Waals surface area contributed by atoms with E-state index in [1.54, 1.807) is 30.5 Å². The largest absolute Gasteiger partial charge is 0.507 e. The number of benzene rings is 3. The van der Waals surface area contributed by atoms with E-state index in [0.717, 1.165) is 16.6 Å². The normalized spacial score (nSPS) is 15.3. The first-order valence-corrected chi connectivity index (χ1v) is 13.7. The summed E-state index contributed by atoms with van der Waals surface area (Å²) < 4.78 is 5.82. The molecule has 5 rings (SSSR count). The number of aromatic hydroxyl groups is 1. The van der Waals surface area contributed by atoms with Crippen LogP contribution in [0.3, 0.4) is 0 Å². The number of Topliss-reactive ketones (excluding diaryl/α,β-unsaturated/α-hetero) is 1. The van der Waals surface area contributed by atoms with Crippen molar-refractivity contribution in [2.24, 2.45) is 0 Å². The van der Waals surface area contributed by atoms with Gasteiger partial charge in [-0.05, 0) is 74.7 Å². The number of aromatic carboxylic acids is 1. The second kappa shape index (κ2) is 13.5. The van der Waals surface area contributed by atoms with Gasteiger partial charge in [-0.3, -0.25) is 14.7 Å². The zero-order valence-electron chi connectivity index (χ0n) is 23.6. The number of carboxylic acid groups (broad SMARTS) is 1. The Hall–Kier alpha value is -4.38. The van der Waals surface area contributed by atoms with E-state index in [9.17, 15) is 19.8 Å². The number of hydrogen-bond acceptors (Lipinski definition) is 9. The number of piperidine rings is 1. The lowest BCUT2D eigenvalue weighted by atomic mass is 9.88. The Labute approximate surface area is 243 Å². The fourth-order valence-electron chi connectivity index (χ4n) is 4.77. The van der Waals surface area contributed by atoms with Crippen LogP contribution < -0.4 is 4.74 Å². The number of phenols is 1. The highest BCUT2D eigenvalue weighted by atomic mass is 16.5. The van der Waals surface area contributed by atoms with Crippen molar-refractivity contribution in [3.63, 3.8) is 0 Å². The highest BCUT2D eigenvalue weighted by Crippen LogP contribution is 2.33. The molecule has 10 nitrogen and oxygen atoms in total. The van der Waals surface area contributed by atoms with Gasteiger partial charge in [0.15, 0.2) is 5.78 Å². The Morgan fingerprint density at radius 1 is 1.02 bits per heavy atom. The van der Waals surface area contributed by atoms with Crippen molar-refractivity contribution in [1.29, 1.82) is 0 Å². The first kappa shape index (κ1) is 30.6. The maximum atomic E-state index is 11.5. The molecule has 4 aromatic rings. The third-order valence-electron chi connectivity index (χ3n) is 7.32. The lowest BCUT2D eigenvalue weighted by Crippen LogP contribution is -2.47. The van der Waals surface area contributed by atoms with Crippen LogP contribution >= 0.6 is 0 Å². The molecule has 3 aromatic carbocycles. The summed E-state index contributed by atoms with van der Waals surface area (Å²) in [6.07, 6.45) is 2.40. The summed E-state index contributed by atoms with van der Waals surface area (Å²) in [7, 11) is 0. The van der Waals surface area contributed by atoms with E-state index in [1.165, 1.54) is 19.1 Å².